The number of hydrogen-bond acceptors (Lipinski definition) is 3. The number of rotatable bonds is 6. The Balaban J connectivity index is 1.88. The molecule has 0 atom stereocenters. The summed E-state index contributed by atoms with van der Waals surface area (Å²) in [6, 6.07) is 16.1. The molecule has 0 aliphatic carbocycles. The van der Waals surface area contributed by atoms with Gasteiger partial charge in [0.05, 0.1) is 6.61 Å². The molecule has 2 aromatic rings. The summed E-state index contributed by atoms with van der Waals surface area (Å²) in [6.07, 6.45) is 0.788. The normalized spacial score (nSPS) is 10.0. The van der Waals surface area contributed by atoms with E-state index in [-0.39, 0.29) is 5.56 Å². The molecule has 0 bridgehead atoms. The highest BCUT2D eigenvalue weighted by Gasteiger charge is 2.13. The zero-order chi connectivity index (χ0) is 14.4. The Morgan fingerprint density at radius 1 is 0.950 bits per heavy atom. The maximum Gasteiger partial charge on any atom is 0.377 e. The maximum absolute atomic E-state index is 11.2. The number of ketones is 1. The molecule has 0 aliphatic heterocycles. The van der Waals surface area contributed by atoms with E-state index in [0.29, 0.717) is 12.4 Å². The third kappa shape index (κ3) is 3.68. The van der Waals surface area contributed by atoms with Crippen LogP contribution in [0.2, 0.25) is 0 Å². The lowest BCUT2D eigenvalue weighted by atomic mass is 10.1. The van der Waals surface area contributed by atoms with Crippen molar-refractivity contribution in [3.63, 3.8) is 0 Å². The molecule has 0 heterocycles. The number of carbonyl (C=O) groups excluding carboxylic acids is 1. The minimum absolute atomic E-state index is 0.146. The quantitative estimate of drug-likeness (QED) is 0.647. The third-order valence-electron chi connectivity index (χ3n) is 2.81. The van der Waals surface area contributed by atoms with Gasteiger partial charge in [0, 0.05) is 12.0 Å². The van der Waals surface area contributed by atoms with E-state index in [1.807, 2.05) is 30.3 Å². The van der Waals surface area contributed by atoms with Gasteiger partial charge in [0.1, 0.15) is 5.75 Å². The van der Waals surface area contributed by atoms with Gasteiger partial charge in [-0.1, -0.05) is 30.3 Å². The maximum atomic E-state index is 11.2. The Bertz CT molecular complexity index is 588. The van der Waals surface area contributed by atoms with Crippen LogP contribution in [0.1, 0.15) is 15.9 Å². The number of benzene rings is 2. The number of aliphatic carboxylic acids is 1. The zero-order valence-corrected chi connectivity index (χ0v) is 10.8. The number of hydrogen-bond donors (Lipinski definition) is 1. The van der Waals surface area contributed by atoms with Gasteiger partial charge in [-0.3, -0.25) is 4.79 Å². The summed E-state index contributed by atoms with van der Waals surface area (Å²) in [6.45, 7) is 0.524. The Kier molecular flexibility index (Phi) is 4.50. The van der Waals surface area contributed by atoms with Crippen LogP contribution in [0.15, 0.2) is 54.6 Å². The third-order valence-corrected chi connectivity index (χ3v) is 2.81. The molecular weight excluding hydrogens is 256 g/mol. The van der Waals surface area contributed by atoms with E-state index in [2.05, 4.69) is 0 Å². The fourth-order valence-electron chi connectivity index (χ4n) is 1.76. The number of carboxylic acid groups (broad SMARTS) is 1. The molecule has 4 heteroatoms. The highest BCUT2D eigenvalue weighted by molar-refractivity contribution is 6.39. The van der Waals surface area contributed by atoms with Gasteiger partial charge in [0.25, 0.3) is 5.78 Å². The fourth-order valence-corrected chi connectivity index (χ4v) is 1.76. The van der Waals surface area contributed by atoms with E-state index in [9.17, 15) is 9.59 Å². The van der Waals surface area contributed by atoms with E-state index in [4.69, 9.17) is 9.84 Å². The minimum atomic E-state index is -1.46. The van der Waals surface area contributed by atoms with Crippen LogP contribution >= 0.6 is 0 Å². The van der Waals surface area contributed by atoms with Crippen molar-refractivity contribution < 1.29 is 19.4 Å². The second kappa shape index (κ2) is 6.52. The smallest absolute Gasteiger partial charge is 0.377 e. The van der Waals surface area contributed by atoms with Crippen LogP contribution in [0.5, 0.6) is 5.75 Å². The van der Waals surface area contributed by atoms with Crippen molar-refractivity contribution in [2.75, 3.05) is 6.61 Å². The zero-order valence-electron chi connectivity index (χ0n) is 10.8. The van der Waals surface area contributed by atoms with Crippen LogP contribution in [-0.2, 0) is 11.2 Å². The lowest BCUT2D eigenvalue weighted by Gasteiger charge is -2.06. The highest BCUT2D eigenvalue weighted by Crippen LogP contribution is 2.13. The summed E-state index contributed by atoms with van der Waals surface area (Å²) in [4.78, 5) is 21.7. The molecule has 0 saturated carbocycles. The van der Waals surface area contributed by atoms with Crippen molar-refractivity contribution in [3.8, 4) is 5.75 Å². The Morgan fingerprint density at radius 2 is 1.60 bits per heavy atom. The van der Waals surface area contributed by atoms with Gasteiger partial charge in [-0.15, -0.1) is 0 Å². The molecule has 0 amide bonds. The van der Waals surface area contributed by atoms with Crippen LogP contribution in [0.3, 0.4) is 0 Å². The van der Waals surface area contributed by atoms with Crippen LogP contribution in [0, 0.1) is 0 Å². The summed E-state index contributed by atoms with van der Waals surface area (Å²) in [5.74, 6) is -1.76. The molecule has 0 fully saturated rings. The first-order valence-corrected chi connectivity index (χ1v) is 6.21. The molecule has 4 nitrogen and oxygen atoms in total. The van der Waals surface area contributed by atoms with Crippen molar-refractivity contribution in [3.05, 3.63) is 65.7 Å². The van der Waals surface area contributed by atoms with Crippen LogP contribution in [0.25, 0.3) is 0 Å². The van der Waals surface area contributed by atoms with E-state index in [1.54, 1.807) is 12.1 Å². The summed E-state index contributed by atoms with van der Waals surface area (Å²) in [5, 5.41) is 8.59. The predicted molar refractivity (Wildman–Crippen MR) is 74.0 cm³/mol. The standard InChI is InChI=1S/C16H14O4/c17-15(16(18)19)13-6-8-14(9-7-13)20-11-10-12-4-2-1-3-5-12/h1-9H,10-11H2,(H,18,19). The summed E-state index contributed by atoms with van der Waals surface area (Å²) in [7, 11) is 0. The van der Waals surface area contributed by atoms with Gasteiger partial charge >= 0.3 is 5.97 Å². The second-order valence-electron chi connectivity index (χ2n) is 4.24. The molecule has 1 N–H and O–H groups in total. The molecule has 0 unspecified atom stereocenters. The first-order valence-electron chi connectivity index (χ1n) is 6.21. The van der Waals surface area contributed by atoms with Gasteiger partial charge in [-0.05, 0) is 29.8 Å². The van der Waals surface area contributed by atoms with Gasteiger partial charge in [-0.25, -0.2) is 4.79 Å². The molecule has 2 rings (SSSR count). The molecule has 0 radical (unpaired) electrons. The van der Waals surface area contributed by atoms with Crippen LogP contribution < -0.4 is 4.74 Å². The average Bonchev–Trinajstić information content (AvgIpc) is 2.48. The lowest BCUT2D eigenvalue weighted by molar-refractivity contribution is -0.131. The molecule has 0 aromatic heterocycles. The molecular formula is C16H14O4. The number of ether oxygens (including phenoxy) is 1. The van der Waals surface area contributed by atoms with Crippen LogP contribution in [0.4, 0.5) is 0 Å². The topological polar surface area (TPSA) is 63.6 Å². The first-order chi connectivity index (χ1) is 9.66. The Hall–Kier alpha value is -2.62. The molecule has 20 heavy (non-hydrogen) atoms. The second-order valence-corrected chi connectivity index (χ2v) is 4.24. The van der Waals surface area contributed by atoms with E-state index in [0.717, 1.165) is 6.42 Å². The van der Waals surface area contributed by atoms with Gasteiger partial charge in [-0.2, -0.15) is 0 Å². The van der Waals surface area contributed by atoms with Crippen LogP contribution in [-0.4, -0.2) is 23.5 Å². The molecule has 0 saturated heterocycles. The van der Waals surface area contributed by atoms with Gasteiger partial charge in [0.15, 0.2) is 0 Å². The Morgan fingerprint density at radius 3 is 2.20 bits per heavy atom. The Labute approximate surface area is 116 Å². The minimum Gasteiger partial charge on any atom is -0.493 e. The van der Waals surface area contributed by atoms with Crippen molar-refractivity contribution in [1.82, 2.24) is 0 Å². The van der Waals surface area contributed by atoms with E-state index >= 15 is 0 Å². The summed E-state index contributed by atoms with van der Waals surface area (Å²) >= 11 is 0. The van der Waals surface area contributed by atoms with Crippen molar-refractivity contribution in [2.45, 2.75) is 6.42 Å². The number of carbonyl (C=O) groups is 2. The first kappa shape index (κ1) is 13.8. The average molecular weight is 270 g/mol. The molecule has 2 aromatic carbocycles. The number of Topliss-reactive ketones (excluding diaryl/α,β-unsaturated/α-hetero) is 1. The van der Waals surface area contributed by atoms with Gasteiger partial charge < -0.3 is 9.84 Å². The highest BCUT2D eigenvalue weighted by atomic mass is 16.5. The number of carboxylic acids is 1. The predicted octanol–water partition coefficient (Wildman–Crippen LogP) is 2.58. The summed E-state index contributed by atoms with van der Waals surface area (Å²) < 4.78 is 5.55. The lowest BCUT2D eigenvalue weighted by Crippen LogP contribution is -2.12. The molecule has 0 aliphatic rings. The summed E-state index contributed by atoms with van der Waals surface area (Å²) in [5.41, 5.74) is 1.33. The van der Waals surface area contributed by atoms with Gasteiger partial charge in [0.2, 0.25) is 0 Å². The van der Waals surface area contributed by atoms with Crippen molar-refractivity contribution >= 4 is 11.8 Å². The van der Waals surface area contributed by atoms with Crippen molar-refractivity contribution in [2.24, 2.45) is 0 Å². The van der Waals surface area contributed by atoms with E-state index in [1.165, 1.54) is 17.7 Å². The SMILES string of the molecule is O=C(O)C(=O)c1ccc(OCCc2ccccc2)cc1. The van der Waals surface area contributed by atoms with E-state index < -0.39 is 11.8 Å². The monoisotopic (exact) mass is 270 g/mol. The molecule has 0 spiro atoms. The van der Waals surface area contributed by atoms with Crippen molar-refractivity contribution in [1.29, 1.82) is 0 Å². The molecule has 102 valence electrons. The fraction of sp³-hybridized carbons (Fsp3) is 0.125. The largest absolute Gasteiger partial charge is 0.493 e.